The van der Waals surface area contributed by atoms with Gasteiger partial charge in [-0.25, -0.2) is 0 Å². The van der Waals surface area contributed by atoms with Crippen molar-refractivity contribution in [1.29, 1.82) is 0 Å². The summed E-state index contributed by atoms with van der Waals surface area (Å²) in [6.45, 7) is 0. The van der Waals surface area contributed by atoms with Gasteiger partial charge in [-0.2, -0.15) is 13.2 Å². The summed E-state index contributed by atoms with van der Waals surface area (Å²) < 4.78 is 37.7. The number of carbonyl (C=O) groups is 2. The van der Waals surface area contributed by atoms with Crippen molar-refractivity contribution in [2.24, 2.45) is 0 Å². The van der Waals surface area contributed by atoms with Gasteiger partial charge in [0.05, 0.1) is 5.56 Å². The summed E-state index contributed by atoms with van der Waals surface area (Å²) in [6.07, 6.45) is 0.616. The van der Waals surface area contributed by atoms with Crippen LogP contribution in [0.1, 0.15) is 21.5 Å². The van der Waals surface area contributed by atoms with Gasteiger partial charge in [-0.1, -0.05) is 12.1 Å². The van der Waals surface area contributed by atoms with E-state index in [1.165, 1.54) is 42.7 Å². The maximum Gasteiger partial charge on any atom is 0.416 e. The molecule has 0 atom stereocenters. The minimum absolute atomic E-state index is 0.209. The fourth-order valence-corrected chi connectivity index (χ4v) is 1.73. The van der Waals surface area contributed by atoms with Crippen molar-refractivity contribution in [3.05, 3.63) is 71.6 Å². The number of rotatable bonds is 3. The molecule has 2 rings (SSSR count). The first kappa shape index (κ1) is 17.2. The molecule has 0 aliphatic heterocycles. The lowest BCUT2D eigenvalue weighted by molar-refractivity contribution is -0.137. The van der Waals surface area contributed by atoms with Crippen molar-refractivity contribution in [2.45, 2.75) is 6.18 Å². The van der Waals surface area contributed by atoms with Gasteiger partial charge in [-0.05, 0) is 35.9 Å². The van der Waals surface area contributed by atoms with Crippen molar-refractivity contribution in [1.82, 2.24) is 15.8 Å². The summed E-state index contributed by atoms with van der Waals surface area (Å²) in [7, 11) is 0. The number of nitrogens with zero attached hydrogens (tertiary/aromatic N) is 1. The number of amides is 2. The first-order chi connectivity index (χ1) is 11.4. The fourth-order valence-electron chi connectivity index (χ4n) is 1.73. The van der Waals surface area contributed by atoms with Crippen molar-refractivity contribution in [3.63, 3.8) is 0 Å². The van der Waals surface area contributed by atoms with Gasteiger partial charge in [0.15, 0.2) is 0 Å². The predicted molar refractivity (Wildman–Crippen MR) is 80.3 cm³/mol. The molecule has 0 radical (unpaired) electrons. The number of alkyl halides is 3. The van der Waals surface area contributed by atoms with E-state index in [2.05, 4.69) is 15.8 Å². The molecule has 1 aromatic heterocycles. The highest BCUT2D eigenvalue weighted by atomic mass is 19.4. The van der Waals surface area contributed by atoms with Gasteiger partial charge in [-0.3, -0.25) is 25.4 Å². The molecule has 0 aliphatic carbocycles. The molecule has 0 bridgehead atoms. The second-order valence-electron chi connectivity index (χ2n) is 4.64. The zero-order chi connectivity index (χ0) is 17.6. The number of nitrogens with one attached hydrogen (secondary N) is 2. The lowest BCUT2D eigenvalue weighted by Gasteiger charge is -2.07. The normalized spacial score (nSPS) is 11.3. The van der Waals surface area contributed by atoms with Crippen LogP contribution in [0.25, 0.3) is 6.08 Å². The smallest absolute Gasteiger partial charge is 0.268 e. The van der Waals surface area contributed by atoms with Gasteiger partial charge in [-0.15, -0.1) is 0 Å². The standard InChI is InChI=1S/C16H12F3N3O2/c17-16(18,19)13-3-1-2-11(10-13)4-5-14(23)21-22-15(24)12-6-8-20-9-7-12/h1-10H,(H,21,23)(H,22,24). The van der Waals surface area contributed by atoms with E-state index < -0.39 is 23.6 Å². The van der Waals surface area contributed by atoms with Gasteiger partial charge < -0.3 is 0 Å². The number of pyridine rings is 1. The molecule has 24 heavy (non-hydrogen) atoms. The van der Waals surface area contributed by atoms with Crippen LogP contribution in [0, 0.1) is 0 Å². The van der Waals surface area contributed by atoms with Crippen molar-refractivity contribution >= 4 is 17.9 Å². The number of carbonyl (C=O) groups excluding carboxylic acids is 2. The SMILES string of the molecule is O=C(C=Cc1cccc(C(F)(F)F)c1)NNC(=O)c1ccncc1. The highest BCUT2D eigenvalue weighted by Crippen LogP contribution is 2.29. The van der Waals surface area contributed by atoms with Crippen molar-refractivity contribution in [3.8, 4) is 0 Å². The van der Waals surface area contributed by atoms with E-state index in [-0.39, 0.29) is 5.56 Å². The lowest BCUT2D eigenvalue weighted by atomic mass is 10.1. The van der Waals surface area contributed by atoms with Crippen LogP contribution in [0.4, 0.5) is 13.2 Å². The average Bonchev–Trinajstić information content (AvgIpc) is 2.58. The third-order valence-corrected chi connectivity index (χ3v) is 2.88. The number of benzene rings is 1. The molecule has 2 N–H and O–H groups in total. The molecule has 5 nitrogen and oxygen atoms in total. The number of hydrazine groups is 1. The fraction of sp³-hybridized carbons (Fsp3) is 0.0625. The Bertz CT molecular complexity index is 759. The van der Waals surface area contributed by atoms with E-state index in [4.69, 9.17) is 0 Å². The topological polar surface area (TPSA) is 71.1 Å². The van der Waals surface area contributed by atoms with E-state index in [0.717, 1.165) is 18.2 Å². The van der Waals surface area contributed by atoms with Crippen LogP contribution < -0.4 is 10.9 Å². The van der Waals surface area contributed by atoms with E-state index >= 15 is 0 Å². The van der Waals surface area contributed by atoms with Crippen LogP contribution >= 0.6 is 0 Å². The summed E-state index contributed by atoms with van der Waals surface area (Å²) in [4.78, 5) is 27.0. The second-order valence-corrected chi connectivity index (χ2v) is 4.64. The molecule has 0 saturated carbocycles. The molecule has 0 unspecified atom stereocenters. The minimum Gasteiger partial charge on any atom is -0.268 e. The first-order valence-electron chi connectivity index (χ1n) is 6.72. The van der Waals surface area contributed by atoms with Crippen LogP contribution in [0.5, 0.6) is 0 Å². The second kappa shape index (κ2) is 7.40. The Morgan fingerprint density at radius 1 is 1.04 bits per heavy atom. The van der Waals surface area contributed by atoms with Crippen LogP contribution in [0.15, 0.2) is 54.9 Å². The third-order valence-electron chi connectivity index (χ3n) is 2.88. The maximum absolute atomic E-state index is 12.6. The van der Waals surface area contributed by atoms with Gasteiger partial charge in [0.1, 0.15) is 0 Å². The van der Waals surface area contributed by atoms with Gasteiger partial charge >= 0.3 is 6.18 Å². The largest absolute Gasteiger partial charge is 0.416 e. The molecular formula is C16H12F3N3O2. The summed E-state index contributed by atoms with van der Waals surface area (Å²) >= 11 is 0. The van der Waals surface area contributed by atoms with E-state index in [9.17, 15) is 22.8 Å². The molecule has 2 aromatic rings. The number of halogens is 3. The Morgan fingerprint density at radius 3 is 2.42 bits per heavy atom. The van der Waals surface area contributed by atoms with Crippen molar-refractivity contribution < 1.29 is 22.8 Å². The summed E-state index contributed by atoms with van der Waals surface area (Å²) in [5, 5.41) is 0. The monoisotopic (exact) mass is 335 g/mol. The number of hydrogen-bond acceptors (Lipinski definition) is 3. The lowest BCUT2D eigenvalue weighted by Crippen LogP contribution is -2.40. The van der Waals surface area contributed by atoms with Crippen molar-refractivity contribution in [2.75, 3.05) is 0 Å². The van der Waals surface area contributed by atoms with Crippen LogP contribution in [0.2, 0.25) is 0 Å². The zero-order valence-corrected chi connectivity index (χ0v) is 12.2. The summed E-state index contributed by atoms with van der Waals surface area (Å²) in [6, 6.07) is 7.44. The maximum atomic E-state index is 12.6. The molecule has 124 valence electrons. The molecule has 8 heteroatoms. The Labute approximate surface area is 135 Å². The summed E-state index contributed by atoms with van der Waals surface area (Å²) in [5.74, 6) is -1.23. The van der Waals surface area contributed by atoms with Crippen LogP contribution in [0.3, 0.4) is 0 Å². The minimum atomic E-state index is -4.45. The van der Waals surface area contributed by atoms with Crippen LogP contribution in [-0.2, 0) is 11.0 Å². The highest BCUT2D eigenvalue weighted by Gasteiger charge is 2.30. The zero-order valence-electron chi connectivity index (χ0n) is 12.2. The van der Waals surface area contributed by atoms with E-state index in [1.54, 1.807) is 0 Å². The average molecular weight is 335 g/mol. The molecule has 2 amide bonds. The highest BCUT2D eigenvalue weighted by molar-refractivity contribution is 5.97. The van der Waals surface area contributed by atoms with E-state index in [1.807, 2.05) is 0 Å². The molecule has 1 aromatic carbocycles. The Balaban J connectivity index is 1.93. The Kier molecular flexibility index (Phi) is 5.31. The van der Waals surface area contributed by atoms with Crippen LogP contribution in [-0.4, -0.2) is 16.8 Å². The first-order valence-corrected chi connectivity index (χ1v) is 6.72. The number of aromatic nitrogens is 1. The van der Waals surface area contributed by atoms with E-state index in [0.29, 0.717) is 5.56 Å². The molecular weight excluding hydrogens is 323 g/mol. The molecule has 0 spiro atoms. The molecule has 1 heterocycles. The van der Waals surface area contributed by atoms with Gasteiger partial charge in [0.2, 0.25) is 0 Å². The third kappa shape index (κ3) is 4.94. The predicted octanol–water partition coefficient (Wildman–Crippen LogP) is 2.57. The Hall–Kier alpha value is -3.16. The summed E-state index contributed by atoms with van der Waals surface area (Å²) in [5.41, 5.74) is 4.00. The number of hydrogen-bond donors (Lipinski definition) is 2. The van der Waals surface area contributed by atoms with Gasteiger partial charge in [0, 0.05) is 24.0 Å². The molecule has 0 fully saturated rings. The quantitative estimate of drug-likeness (QED) is 0.669. The molecule has 0 saturated heterocycles. The Morgan fingerprint density at radius 2 is 1.75 bits per heavy atom. The molecule has 0 aliphatic rings. The van der Waals surface area contributed by atoms with Gasteiger partial charge in [0.25, 0.3) is 11.8 Å².